The Labute approximate surface area is 204 Å². The molecule has 0 saturated heterocycles. The lowest BCUT2D eigenvalue weighted by molar-refractivity contribution is -0.124. The zero-order valence-corrected chi connectivity index (χ0v) is 20.0. The zero-order valence-electron chi connectivity index (χ0n) is 20.0. The number of furan rings is 1. The van der Waals surface area contributed by atoms with Crippen LogP contribution in [0.2, 0.25) is 0 Å². The molecule has 1 atom stereocenters. The molecule has 1 aliphatic carbocycles. The smallest absolute Gasteiger partial charge is 0.287 e. The molecule has 1 aromatic carbocycles. The summed E-state index contributed by atoms with van der Waals surface area (Å²) in [5, 5.41) is 12.6. The topological polar surface area (TPSA) is 118 Å². The first-order valence-corrected chi connectivity index (χ1v) is 11.9. The Balaban J connectivity index is 1.37. The summed E-state index contributed by atoms with van der Waals surface area (Å²) in [6.07, 6.45) is 7.14. The quantitative estimate of drug-likeness (QED) is 0.460. The lowest BCUT2D eigenvalue weighted by Crippen LogP contribution is -2.50. The molecular weight excluding hydrogens is 446 g/mol. The number of carbonyl (C=O) groups excluding carboxylic acids is 3. The van der Waals surface area contributed by atoms with E-state index in [4.69, 9.17) is 4.42 Å². The van der Waals surface area contributed by atoms with Crippen molar-refractivity contribution in [1.82, 2.24) is 20.4 Å². The second-order valence-electron chi connectivity index (χ2n) is 8.91. The van der Waals surface area contributed by atoms with Gasteiger partial charge in [-0.3, -0.25) is 19.1 Å². The van der Waals surface area contributed by atoms with E-state index >= 15 is 0 Å². The van der Waals surface area contributed by atoms with Gasteiger partial charge in [0.1, 0.15) is 11.8 Å². The number of rotatable bonds is 8. The fourth-order valence-corrected chi connectivity index (χ4v) is 4.49. The van der Waals surface area contributed by atoms with E-state index in [1.807, 2.05) is 12.1 Å². The lowest BCUT2D eigenvalue weighted by Gasteiger charge is -2.29. The van der Waals surface area contributed by atoms with Crippen molar-refractivity contribution < 1.29 is 18.8 Å². The number of aromatic nitrogens is 2. The predicted octanol–water partition coefficient (Wildman–Crippen LogP) is 3.29. The van der Waals surface area contributed by atoms with Gasteiger partial charge in [-0.05, 0) is 61.2 Å². The summed E-state index contributed by atoms with van der Waals surface area (Å²) in [7, 11) is 3.39. The molecule has 35 heavy (non-hydrogen) atoms. The van der Waals surface area contributed by atoms with Crippen molar-refractivity contribution in [2.75, 3.05) is 12.4 Å². The Morgan fingerprint density at radius 3 is 2.46 bits per heavy atom. The maximum absolute atomic E-state index is 12.9. The van der Waals surface area contributed by atoms with Crippen LogP contribution < -0.4 is 16.0 Å². The highest BCUT2D eigenvalue weighted by Crippen LogP contribution is 2.28. The van der Waals surface area contributed by atoms with Gasteiger partial charge in [-0.2, -0.15) is 5.10 Å². The minimum Gasteiger partial charge on any atom is -0.451 e. The van der Waals surface area contributed by atoms with Gasteiger partial charge in [-0.25, -0.2) is 0 Å². The van der Waals surface area contributed by atoms with E-state index in [0.717, 1.165) is 31.2 Å². The molecule has 0 bridgehead atoms. The second-order valence-corrected chi connectivity index (χ2v) is 8.91. The summed E-state index contributed by atoms with van der Waals surface area (Å²) in [6.45, 7) is 0. The van der Waals surface area contributed by atoms with Gasteiger partial charge in [-0.1, -0.05) is 19.3 Å². The SMILES string of the molecule is CNC(=O)[C@H](NC(=O)c1ccc(-c2ccc(NC(=O)Cc3ccn(C)n3)cc2)o1)C1CCCCC1. The van der Waals surface area contributed by atoms with E-state index in [1.54, 1.807) is 55.3 Å². The van der Waals surface area contributed by atoms with E-state index < -0.39 is 11.9 Å². The molecule has 0 radical (unpaired) electrons. The highest BCUT2D eigenvalue weighted by atomic mass is 16.4. The third-order valence-corrected chi connectivity index (χ3v) is 6.33. The van der Waals surface area contributed by atoms with Crippen molar-refractivity contribution in [3.63, 3.8) is 0 Å². The Kier molecular flexibility index (Phi) is 7.64. The monoisotopic (exact) mass is 477 g/mol. The number of amides is 3. The molecule has 9 nitrogen and oxygen atoms in total. The number of aryl methyl sites for hydroxylation is 1. The number of hydrogen-bond acceptors (Lipinski definition) is 5. The van der Waals surface area contributed by atoms with Crippen LogP contribution in [0.3, 0.4) is 0 Å². The number of anilines is 1. The van der Waals surface area contributed by atoms with Gasteiger partial charge in [0.15, 0.2) is 5.76 Å². The van der Waals surface area contributed by atoms with Crippen molar-refractivity contribution in [2.24, 2.45) is 13.0 Å². The van der Waals surface area contributed by atoms with Gasteiger partial charge in [0.25, 0.3) is 5.91 Å². The average molecular weight is 478 g/mol. The Morgan fingerprint density at radius 1 is 1.06 bits per heavy atom. The van der Waals surface area contributed by atoms with Crippen molar-refractivity contribution >= 4 is 23.4 Å². The molecule has 3 aromatic rings. The molecule has 4 rings (SSSR count). The van der Waals surface area contributed by atoms with Crippen LogP contribution >= 0.6 is 0 Å². The molecule has 1 saturated carbocycles. The molecule has 2 heterocycles. The van der Waals surface area contributed by atoms with Crippen LogP contribution in [0.4, 0.5) is 5.69 Å². The van der Waals surface area contributed by atoms with E-state index in [0.29, 0.717) is 17.1 Å². The van der Waals surface area contributed by atoms with E-state index in [-0.39, 0.29) is 29.9 Å². The van der Waals surface area contributed by atoms with Gasteiger partial charge in [-0.15, -0.1) is 0 Å². The first-order chi connectivity index (χ1) is 16.9. The molecule has 3 N–H and O–H groups in total. The van der Waals surface area contributed by atoms with E-state index in [1.165, 1.54) is 6.42 Å². The van der Waals surface area contributed by atoms with E-state index in [9.17, 15) is 14.4 Å². The molecule has 0 aliphatic heterocycles. The van der Waals surface area contributed by atoms with Gasteiger partial charge in [0, 0.05) is 31.5 Å². The fraction of sp³-hybridized carbons (Fsp3) is 0.385. The molecule has 0 spiro atoms. The molecule has 1 fully saturated rings. The number of nitrogens with one attached hydrogen (secondary N) is 3. The highest BCUT2D eigenvalue weighted by Gasteiger charge is 2.31. The van der Waals surface area contributed by atoms with Crippen molar-refractivity contribution in [3.05, 3.63) is 60.1 Å². The van der Waals surface area contributed by atoms with Gasteiger partial charge in [0.2, 0.25) is 11.8 Å². The van der Waals surface area contributed by atoms with Crippen molar-refractivity contribution in [2.45, 2.75) is 44.6 Å². The Morgan fingerprint density at radius 2 is 1.80 bits per heavy atom. The Bertz CT molecular complexity index is 1170. The molecular formula is C26H31N5O4. The van der Waals surface area contributed by atoms with Crippen LogP contribution in [0.25, 0.3) is 11.3 Å². The fourth-order valence-electron chi connectivity index (χ4n) is 4.49. The third kappa shape index (κ3) is 6.17. The maximum atomic E-state index is 12.9. The molecule has 9 heteroatoms. The second kappa shape index (κ2) is 11.0. The van der Waals surface area contributed by atoms with Crippen molar-refractivity contribution in [1.29, 1.82) is 0 Å². The lowest BCUT2D eigenvalue weighted by atomic mass is 9.83. The number of benzene rings is 1. The maximum Gasteiger partial charge on any atom is 0.287 e. The van der Waals surface area contributed by atoms with Crippen LogP contribution in [0.1, 0.15) is 48.4 Å². The average Bonchev–Trinajstić information content (AvgIpc) is 3.52. The standard InChI is InChI=1S/C26H31N5O4/c1-27-26(34)24(18-6-4-3-5-7-18)29-25(33)22-13-12-21(35-22)17-8-10-19(11-9-17)28-23(32)16-20-14-15-31(2)30-20/h8-15,18,24H,3-7,16H2,1-2H3,(H,27,34)(H,28,32)(H,29,33)/t24-/m1/s1. The van der Waals surface area contributed by atoms with Gasteiger partial charge < -0.3 is 20.4 Å². The van der Waals surface area contributed by atoms with Crippen LogP contribution in [0.15, 0.2) is 53.1 Å². The molecule has 3 amide bonds. The van der Waals surface area contributed by atoms with Crippen LogP contribution in [-0.2, 0) is 23.1 Å². The molecule has 2 aromatic heterocycles. The molecule has 1 aliphatic rings. The number of nitrogens with zero attached hydrogens (tertiary/aromatic N) is 2. The van der Waals surface area contributed by atoms with Gasteiger partial charge in [0.05, 0.1) is 12.1 Å². The minimum atomic E-state index is -0.574. The summed E-state index contributed by atoms with van der Waals surface area (Å²) in [4.78, 5) is 37.5. The summed E-state index contributed by atoms with van der Waals surface area (Å²) >= 11 is 0. The molecule has 184 valence electrons. The number of carbonyl (C=O) groups is 3. The minimum absolute atomic E-state index is 0.127. The Hall–Kier alpha value is -3.88. The van der Waals surface area contributed by atoms with Gasteiger partial charge >= 0.3 is 0 Å². The van der Waals surface area contributed by atoms with Crippen molar-refractivity contribution in [3.8, 4) is 11.3 Å². The largest absolute Gasteiger partial charge is 0.451 e. The third-order valence-electron chi connectivity index (χ3n) is 6.33. The van der Waals surface area contributed by atoms with E-state index in [2.05, 4.69) is 21.0 Å². The predicted molar refractivity (Wildman–Crippen MR) is 132 cm³/mol. The number of likely N-dealkylation sites (N-methyl/N-ethyl adjacent to an activating group) is 1. The summed E-state index contributed by atoms with van der Waals surface area (Å²) in [5.74, 6) is 0.0548. The van der Waals surface area contributed by atoms with Crippen LogP contribution in [-0.4, -0.2) is 40.6 Å². The summed E-state index contributed by atoms with van der Waals surface area (Å²) < 4.78 is 7.45. The highest BCUT2D eigenvalue weighted by molar-refractivity contribution is 5.96. The first kappa shape index (κ1) is 24.3. The van der Waals surface area contributed by atoms with Crippen LogP contribution in [0, 0.1) is 5.92 Å². The van der Waals surface area contributed by atoms with Crippen LogP contribution in [0.5, 0.6) is 0 Å². The molecule has 0 unspecified atom stereocenters. The first-order valence-electron chi connectivity index (χ1n) is 11.9. The normalized spacial score (nSPS) is 14.8. The zero-order chi connectivity index (χ0) is 24.8. The summed E-state index contributed by atoms with van der Waals surface area (Å²) in [6, 6.07) is 11.7. The number of hydrogen-bond donors (Lipinski definition) is 3. The summed E-state index contributed by atoms with van der Waals surface area (Å²) in [5.41, 5.74) is 2.12.